The van der Waals surface area contributed by atoms with Crippen molar-refractivity contribution in [2.24, 2.45) is 0 Å². The maximum absolute atomic E-state index is 6.07. The van der Waals surface area contributed by atoms with Crippen molar-refractivity contribution in [1.82, 2.24) is 0 Å². The van der Waals surface area contributed by atoms with Crippen LogP contribution in [0.1, 0.15) is 61.3 Å². The van der Waals surface area contributed by atoms with Crippen molar-refractivity contribution in [3.8, 4) is 0 Å². The van der Waals surface area contributed by atoms with Gasteiger partial charge in [0.2, 0.25) is 0 Å². The molecule has 0 unspecified atom stereocenters. The van der Waals surface area contributed by atoms with Crippen LogP contribution in [0.2, 0.25) is 0 Å². The number of aryl methyl sites for hydroxylation is 2. The second-order valence-electron chi connectivity index (χ2n) is 7.95. The molecule has 0 amide bonds. The highest BCUT2D eigenvalue weighted by molar-refractivity contribution is 6.20. The molecule has 0 saturated carbocycles. The van der Waals surface area contributed by atoms with Crippen LogP contribution in [0.3, 0.4) is 0 Å². The Balaban J connectivity index is 0.000000771. The van der Waals surface area contributed by atoms with Gasteiger partial charge in [-0.25, -0.2) is 0 Å². The van der Waals surface area contributed by atoms with Crippen molar-refractivity contribution in [2.75, 3.05) is 0 Å². The smallest absolute Gasteiger partial charge is 0.136 e. The number of hydrogen-bond acceptors (Lipinski definition) is 1. The molecule has 0 N–H and O–H groups in total. The van der Waals surface area contributed by atoms with Crippen molar-refractivity contribution in [2.45, 2.75) is 48.0 Å². The minimum Gasteiger partial charge on any atom is -0.456 e. The molecule has 1 aromatic heterocycles. The second-order valence-corrected chi connectivity index (χ2v) is 7.95. The number of hydrogen-bond donors (Lipinski definition) is 0. The molecule has 0 spiro atoms. The van der Waals surface area contributed by atoms with Gasteiger partial charge in [0.05, 0.1) is 0 Å². The van der Waals surface area contributed by atoms with Crippen LogP contribution in [0, 0.1) is 13.8 Å². The van der Waals surface area contributed by atoms with Gasteiger partial charge in [0.15, 0.2) is 0 Å². The fourth-order valence-corrected chi connectivity index (χ4v) is 5.24. The largest absolute Gasteiger partial charge is 0.456 e. The van der Waals surface area contributed by atoms with Crippen molar-refractivity contribution in [3.05, 3.63) is 102 Å². The molecule has 1 heterocycles. The van der Waals surface area contributed by atoms with Crippen LogP contribution in [-0.4, -0.2) is 0 Å². The van der Waals surface area contributed by atoms with E-state index in [-0.39, 0.29) is 0 Å². The Labute approximate surface area is 204 Å². The van der Waals surface area contributed by atoms with E-state index in [2.05, 4.69) is 64.4 Å². The van der Waals surface area contributed by atoms with E-state index in [9.17, 15) is 0 Å². The zero-order chi connectivity index (χ0) is 25.2. The molecule has 1 aliphatic rings. The number of benzene rings is 3. The molecule has 0 fully saturated rings. The lowest BCUT2D eigenvalue weighted by atomic mass is 9.86. The number of fused-ring (bicyclic) bond motifs is 6. The molecule has 174 valence electrons. The van der Waals surface area contributed by atoms with E-state index in [4.69, 9.17) is 4.42 Å². The normalized spacial score (nSPS) is 12.1. The first-order valence-electron chi connectivity index (χ1n) is 12.2. The van der Waals surface area contributed by atoms with Crippen LogP contribution >= 0.6 is 0 Å². The van der Waals surface area contributed by atoms with Gasteiger partial charge in [-0.2, -0.15) is 0 Å². The van der Waals surface area contributed by atoms with Gasteiger partial charge in [-0.15, -0.1) is 0 Å². The molecule has 4 aromatic rings. The van der Waals surface area contributed by atoms with Gasteiger partial charge in [-0.05, 0) is 87.4 Å². The fourth-order valence-electron chi connectivity index (χ4n) is 5.24. The maximum atomic E-state index is 6.07. The van der Waals surface area contributed by atoms with Crippen molar-refractivity contribution < 1.29 is 4.42 Å². The Hall–Kier alpha value is -3.58. The Morgan fingerprint density at radius 1 is 0.706 bits per heavy atom. The van der Waals surface area contributed by atoms with Crippen LogP contribution in [0.25, 0.3) is 50.2 Å². The second kappa shape index (κ2) is 10.1. The first kappa shape index (κ1) is 25.1. The zero-order valence-corrected chi connectivity index (χ0v) is 21.6. The van der Waals surface area contributed by atoms with Gasteiger partial charge >= 0.3 is 0 Å². The predicted octanol–water partition coefficient (Wildman–Crippen LogP) is 10.4. The average molecular weight is 449 g/mol. The third kappa shape index (κ3) is 3.47. The number of rotatable bonds is 4. The summed E-state index contributed by atoms with van der Waals surface area (Å²) in [5, 5.41) is 6.18. The van der Waals surface area contributed by atoms with Crippen molar-refractivity contribution in [3.63, 3.8) is 0 Å². The standard InChI is InChI=1S/C29H24O.2C2H6/c1-7-18-15-19-11-12-22-17(6)27-23(16(5)26(22)28(19)20(18)8-2)13-14-25-29(27)21(9-3)24(10-4)30-25;2*1-2/h7-14H,1-4,15H2,5-6H3;2*1-2H3. The van der Waals surface area contributed by atoms with Crippen LogP contribution in [-0.2, 0) is 6.42 Å². The summed E-state index contributed by atoms with van der Waals surface area (Å²) in [4.78, 5) is 0. The lowest BCUT2D eigenvalue weighted by Gasteiger charge is -2.17. The Bertz CT molecular complexity index is 1480. The molecule has 0 atom stereocenters. The molecule has 1 nitrogen and oxygen atoms in total. The predicted molar refractivity (Wildman–Crippen MR) is 155 cm³/mol. The molecule has 5 rings (SSSR count). The van der Waals surface area contributed by atoms with Gasteiger partial charge in [-0.3, -0.25) is 0 Å². The summed E-state index contributed by atoms with van der Waals surface area (Å²) < 4.78 is 6.07. The summed E-state index contributed by atoms with van der Waals surface area (Å²) in [6.45, 7) is 28.5. The molecule has 0 aliphatic heterocycles. The Kier molecular flexibility index (Phi) is 7.47. The van der Waals surface area contributed by atoms with Gasteiger partial charge in [0.1, 0.15) is 11.3 Å². The first-order valence-corrected chi connectivity index (χ1v) is 12.2. The molecule has 0 saturated heterocycles. The van der Waals surface area contributed by atoms with Gasteiger partial charge in [0, 0.05) is 10.9 Å². The van der Waals surface area contributed by atoms with Crippen LogP contribution in [0.5, 0.6) is 0 Å². The van der Waals surface area contributed by atoms with Crippen LogP contribution in [0.15, 0.2) is 72.7 Å². The monoisotopic (exact) mass is 448 g/mol. The third-order valence-electron chi connectivity index (χ3n) is 6.61. The summed E-state index contributed by atoms with van der Waals surface area (Å²) >= 11 is 0. The van der Waals surface area contributed by atoms with E-state index >= 15 is 0 Å². The van der Waals surface area contributed by atoms with Gasteiger partial charge in [0.25, 0.3) is 0 Å². The Morgan fingerprint density at radius 2 is 1.32 bits per heavy atom. The molecule has 3 aromatic carbocycles. The summed E-state index contributed by atoms with van der Waals surface area (Å²) in [5.74, 6) is 0.770. The summed E-state index contributed by atoms with van der Waals surface area (Å²) in [6, 6.07) is 8.78. The van der Waals surface area contributed by atoms with E-state index in [0.29, 0.717) is 0 Å². The maximum Gasteiger partial charge on any atom is 0.136 e. The zero-order valence-electron chi connectivity index (χ0n) is 21.6. The van der Waals surface area contributed by atoms with Gasteiger partial charge < -0.3 is 4.42 Å². The van der Waals surface area contributed by atoms with Crippen LogP contribution in [0.4, 0.5) is 0 Å². The number of furan rings is 1. The summed E-state index contributed by atoms with van der Waals surface area (Å²) in [5.41, 5.74) is 9.53. The molecule has 0 radical (unpaired) electrons. The van der Waals surface area contributed by atoms with E-state index in [1.54, 1.807) is 6.08 Å². The quantitative estimate of drug-likeness (QED) is 0.283. The van der Waals surface area contributed by atoms with Crippen LogP contribution < -0.4 is 0 Å². The molecular weight excluding hydrogens is 412 g/mol. The molecule has 0 bridgehead atoms. The minimum atomic E-state index is 0.770. The van der Waals surface area contributed by atoms with Gasteiger partial charge in [-0.1, -0.05) is 90.4 Å². The van der Waals surface area contributed by atoms with E-state index < -0.39 is 0 Å². The summed E-state index contributed by atoms with van der Waals surface area (Å²) in [6.07, 6.45) is 8.49. The van der Waals surface area contributed by atoms with Crippen molar-refractivity contribution in [1.29, 1.82) is 0 Å². The first-order chi connectivity index (χ1) is 16.5. The fraction of sp³-hybridized carbons (Fsp3) is 0.212. The topological polar surface area (TPSA) is 13.1 Å². The third-order valence-corrected chi connectivity index (χ3v) is 6.61. The Morgan fingerprint density at radius 3 is 1.91 bits per heavy atom. The average Bonchev–Trinajstić information content (AvgIpc) is 3.45. The summed E-state index contributed by atoms with van der Waals surface area (Å²) in [7, 11) is 0. The molecular formula is C33H36O. The van der Waals surface area contributed by atoms with E-state index in [0.717, 1.165) is 28.7 Å². The van der Waals surface area contributed by atoms with E-state index in [1.807, 2.05) is 45.9 Å². The SMILES string of the molecule is C=CC1=C(C=C)c2c(ccc3c(C)c4c(ccc5oc(C=C)c(C=C)c54)c(C)c23)C1.CC.CC. The molecule has 34 heavy (non-hydrogen) atoms. The lowest BCUT2D eigenvalue weighted by molar-refractivity contribution is 0.604. The highest BCUT2D eigenvalue weighted by Gasteiger charge is 2.24. The minimum absolute atomic E-state index is 0.770. The van der Waals surface area contributed by atoms with Crippen molar-refractivity contribution >= 4 is 50.2 Å². The molecule has 1 heteroatoms. The number of allylic oxidation sites excluding steroid dienone is 4. The highest BCUT2D eigenvalue weighted by atomic mass is 16.3. The highest BCUT2D eigenvalue weighted by Crippen LogP contribution is 2.45. The van der Waals surface area contributed by atoms with E-state index in [1.165, 1.54) is 54.9 Å². The lowest BCUT2D eigenvalue weighted by Crippen LogP contribution is -1.94. The molecule has 1 aliphatic carbocycles.